The molecule has 0 saturated carbocycles. The number of benzene rings is 1. The maximum Gasteiger partial charge on any atom is 0.233 e. The van der Waals surface area contributed by atoms with E-state index in [1.165, 1.54) is 0 Å². The van der Waals surface area contributed by atoms with Gasteiger partial charge in [-0.25, -0.2) is 0 Å². The Kier molecular flexibility index (Phi) is 2.90. The van der Waals surface area contributed by atoms with E-state index >= 15 is 0 Å². The van der Waals surface area contributed by atoms with Gasteiger partial charge >= 0.3 is 0 Å². The molecule has 1 atom stereocenters. The molecule has 3 nitrogen and oxygen atoms in total. The number of halogens is 1. The van der Waals surface area contributed by atoms with E-state index in [2.05, 4.69) is 22.6 Å². The fourth-order valence-corrected chi connectivity index (χ4v) is 2.06. The van der Waals surface area contributed by atoms with Crippen LogP contribution in [0.3, 0.4) is 0 Å². The second-order valence-corrected chi connectivity index (χ2v) is 3.93. The minimum atomic E-state index is -0.0986. The first-order chi connectivity index (χ1) is 6.81. The first-order valence-electron chi connectivity index (χ1n) is 4.41. The zero-order chi connectivity index (χ0) is 9.97. The molecule has 1 aromatic rings. The van der Waals surface area contributed by atoms with Crippen molar-refractivity contribution < 1.29 is 9.74 Å². The van der Waals surface area contributed by atoms with E-state index < -0.39 is 0 Å². The third-order valence-electron chi connectivity index (χ3n) is 2.23. The molecule has 0 aromatic heterocycles. The maximum absolute atomic E-state index is 11.2. The summed E-state index contributed by atoms with van der Waals surface area (Å²) in [7, 11) is 0. The van der Waals surface area contributed by atoms with Crippen LogP contribution in [0.25, 0.3) is 0 Å². The fourth-order valence-electron chi connectivity index (χ4n) is 1.47. The lowest BCUT2D eigenvalue weighted by molar-refractivity contribution is -0.742. The first kappa shape index (κ1) is 9.76. The summed E-state index contributed by atoms with van der Waals surface area (Å²) < 4.78 is 0.727. The highest BCUT2D eigenvalue weighted by Gasteiger charge is 2.27. The molecule has 1 heterocycles. The summed E-state index contributed by atoms with van der Waals surface area (Å²) in [6.07, 6.45) is 0.606. The lowest BCUT2D eigenvalue weighted by Crippen LogP contribution is -2.06. The number of hydrogen-bond acceptors (Lipinski definition) is 2. The molecule has 0 N–H and O–H groups in total. The highest BCUT2D eigenvalue weighted by Crippen LogP contribution is 2.26. The van der Waals surface area contributed by atoms with E-state index in [-0.39, 0.29) is 6.10 Å². The Morgan fingerprint density at radius 1 is 1.43 bits per heavy atom. The minimum absolute atomic E-state index is 0.0986. The van der Waals surface area contributed by atoms with Gasteiger partial charge in [0.2, 0.25) is 5.71 Å². The Morgan fingerprint density at radius 2 is 2.14 bits per heavy atom. The van der Waals surface area contributed by atoms with Crippen molar-refractivity contribution in [1.82, 2.24) is 0 Å². The molecule has 2 rings (SSSR count). The molecule has 74 valence electrons. The predicted molar refractivity (Wildman–Crippen MR) is 62.4 cm³/mol. The van der Waals surface area contributed by atoms with Crippen LogP contribution in [0.4, 0.5) is 0 Å². The van der Waals surface area contributed by atoms with Crippen molar-refractivity contribution in [2.75, 3.05) is 4.43 Å². The standard InChI is InChI=1S/C10H10INO2/c11-7-9-6-10(14-12(9)13)8-4-2-1-3-5-8/h1-5,10H,6-7H2/t10-/m1/s1. The molecule has 0 radical (unpaired) electrons. The summed E-state index contributed by atoms with van der Waals surface area (Å²) in [5.41, 5.74) is 1.87. The summed E-state index contributed by atoms with van der Waals surface area (Å²) >= 11 is 2.18. The molecule has 0 fully saturated rings. The zero-order valence-electron chi connectivity index (χ0n) is 7.52. The molecule has 4 heteroatoms. The van der Waals surface area contributed by atoms with Gasteiger partial charge in [0.25, 0.3) is 0 Å². The Bertz CT molecular complexity index is 350. The van der Waals surface area contributed by atoms with Gasteiger partial charge in [0.15, 0.2) is 0 Å². The quantitative estimate of drug-likeness (QED) is 0.478. The molecule has 14 heavy (non-hydrogen) atoms. The topological polar surface area (TPSA) is 35.3 Å². The Balaban J connectivity index is 2.13. The third kappa shape index (κ3) is 1.84. The lowest BCUT2D eigenvalue weighted by Gasteiger charge is -2.10. The third-order valence-corrected chi connectivity index (χ3v) is 3.11. The number of alkyl halides is 1. The van der Waals surface area contributed by atoms with E-state index in [4.69, 9.17) is 4.84 Å². The van der Waals surface area contributed by atoms with E-state index in [1.807, 2.05) is 30.3 Å². The molecular formula is C10H10INO2. The van der Waals surface area contributed by atoms with Gasteiger partial charge in [-0.1, -0.05) is 52.9 Å². The zero-order valence-corrected chi connectivity index (χ0v) is 9.68. The lowest BCUT2D eigenvalue weighted by atomic mass is 10.1. The molecule has 0 bridgehead atoms. The summed E-state index contributed by atoms with van der Waals surface area (Å²) in [6, 6.07) is 9.82. The van der Waals surface area contributed by atoms with Crippen LogP contribution in [0.2, 0.25) is 0 Å². The van der Waals surface area contributed by atoms with Crippen LogP contribution in [0.5, 0.6) is 0 Å². The molecule has 0 aliphatic carbocycles. The molecular weight excluding hydrogens is 293 g/mol. The SMILES string of the molecule is [O-][N+]1=C(CI)C[C@H](c2ccccc2)O1. The molecule has 0 spiro atoms. The van der Waals surface area contributed by atoms with Crippen molar-refractivity contribution in [2.45, 2.75) is 12.5 Å². The largest absolute Gasteiger partial charge is 0.395 e. The van der Waals surface area contributed by atoms with Crippen LogP contribution in [-0.2, 0) is 4.84 Å². The summed E-state index contributed by atoms with van der Waals surface area (Å²) in [6.45, 7) is 0. The maximum atomic E-state index is 11.2. The van der Waals surface area contributed by atoms with E-state index in [0.29, 0.717) is 11.3 Å². The normalized spacial score (nSPS) is 21.1. The van der Waals surface area contributed by atoms with Gasteiger partial charge in [0.05, 0.1) is 10.8 Å². The van der Waals surface area contributed by atoms with Crippen LogP contribution in [-0.4, -0.2) is 15.0 Å². The van der Waals surface area contributed by atoms with Gasteiger partial charge in [0, 0.05) is 4.90 Å². The van der Waals surface area contributed by atoms with Crippen molar-refractivity contribution in [3.05, 3.63) is 41.1 Å². The molecule has 0 unspecified atom stereocenters. The van der Waals surface area contributed by atoms with Crippen LogP contribution in [0.15, 0.2) is 30.3 Å². The van der Waals surface area contributed by atoms with E-state index in [0.717, 1.165) is 15.7 Å². The second-order valence-electron chi connectivity index (χ2n) is 3.17. The molecule has 1 aliphatic rings. The Hall–Kier alpha value is -0.780. The smallest absolute Gasteiger partial charge is 0.233 e. The Morgan fingerprint density at radius 3 is 2.71 bits per heavy atom. The molecule has 0 amide bonds. The minimum Gasteiger partial charge on any atom is -0.395 e. The molecule has 1 aromatic carbocycles. The Labute approximate surface area is 96.1 Å². The van der Waals surface area contributed by atoms with Gasteiger partial charge in [-0.05, 0) is 5.56 Å². The van der Waals surface area contributed by atoms with Crippen molar-refractivity contribution in [2.24, 2.45) is 0 Å². The van der Waals surface area contributed by atoms with Gasteiger partial charge in [-0.3, -0.25) is 5.21 Å². The first-order valence-corrected chi connectivity index (χ1v) is 5.93. The average molecular weight is 303 g/mol. The number of hydrogen-bond donors (Lipinski definition) is 0. The second kappa shape index (κ2) is 4.16. The summed E-state index contributed by atoms with van der Waals surface area (Å²) in [4.78, 5) is 5.84. The molecule has 0 saturated heterocycles. The van der Waals surface area contributed by atoms with Crippen molar-refractivity contribution in [3.8, 4) is 0 Å². The van der Waals surface area contributed by atoms with E-state index in [9.17, 15) is 5.21 Å². The van der Waals surface area contributed by atoms with Crippen molar-refractivity contribution in [1.29, 1.82) is 0 Å². The monoisotopic (exact) mass is 303 g/mol. The van der Waals surface area contributed by atoms with Crippen LogP contribution in [0, 0.1) is 5.21 Å². The van der Waals surface area contributed by atoms with Crippen LogP contribution >= 0.6 is 22.6 Å². The fraction of sp³-hybridized carbons (Fsp3) is 0.300. The van der Waals surface area contributed by atoms with Crippen molar-refractivity contribution in [3.63, 3.8) is 0 Å². The highest BCUT2D eigenvalue weighted by atomic mass is 127. The number of nitrogens with zero attached hydrogens (tertiary/aromatic N) is 1. The van der Waals surface area contributed by atoms with Crippen LogP contribution < -0.4 is 0 Å². The van der Waals surface area contributed by atoms with Gasteiger partial charge in [-0.15, -0.1) is 0 Å². The van der Waals surface area contributed by atoms with Gasteiger partial charge in [0.1, 0.15) is 6.10 Å². The van der Waals surface area contributed by atoms with E-state index in [1.54, 1.807) is 0 Å². The van der Waals surface area contributed by atoms with Gasteiger partial charge in [-0.2, -0.15) is 0 Å². The predicted octanol–water partition coefficient (Wildman–Crippen LogP) is 2.45. The van der Waals surface area contributed by atoms with Gasteiger partial charge < -0.3 is 4.84 Å². The van der Waals surface area contributed by atoms with Crippen LogP contribution in [0.1, 0.15) is 18.1 Å². The summed E-state index contributed by atoms with van der Waals surface area (Å²) in [5.74, 6) is 0. The highest BCUT2D eigenvalue weighted by molar-refractivity contribution is 14.1. The summed E-state index contributed by atoms with van der Waals surface area (Å²) in [5, 5.41) is 11.2. The number of rotatable bonds is 2. The molecule has 1 aliphatic heterocycles. The van der Waals surface area contributed by atoms with Crippen molar-refractivity contribution >= 4 is 28.3 Å². The average Bonchev–Trinajstić information content (AvgIpc) is 2.61.